The summed E-state index contributed by atoms with van der Waals surface area (Å²) in [4.78, 5) is 14.1. The van der Waals surface area contributed by atoms with E-state index in [1.54, 1.807) is 18.4 Å². The standard InChI is InChI=1S/C16H15BrO2S/c1-19-14-6-5-10(9-13(14)17)16(18)12-3-2-4-15-11(12)7-8-20-15/h5-9,12H,2-4H2,1H3. The van der Waals surface area contributed by atoms with Gasteiger partial charge in [-0.3, -0.25) is 4.79 Å². The van der Waals surface area contributed by atoms with E-state index in [-0.39, 0.29) is 11.7 Å². The van der Waals surface area contributed by atoms with Crippen LogP contribution in [0.2, 0.25) is 0 Å². The first kappa shape index (κ1) is 13.8. The Balaban J connectivity index is 1.93. The van der Waals surface area contributed by atoms with Crippen molar-refractivity contribution < 1.29 is 9.53 Å². The lowest BCUT2D eigenvalue weighted by molar-refractivity contribution is 0.0951. The molecule has 0 aliphatic heterocycles. The first-order valence-electron chi connectivity index (χ1n) is 6.64. The summed E-state index contributed by atoms with van der Waals surface area (Å²) in [7, 11) is 1.63. The zero-order valence-electron chi connectivity index (χ0n) is 11.2. The van der Waals surface area contributed by atoms with Gasteiger partial charge in [-0.15, -0.1) is 11.3 Å². The maximum absolute atomic E-state index is 12.8. The summed E-state index contributed by atoms with van der Waals surface area (Å²) in [6.07, 6.45) is 3.16. The Morgan fingerprint density at radius 3 is 3.00 bits per heavy atom. The van der Waals surface area contributed by atoms with Crippen LogP contribution in [-0.2, 0) is 6.42 Å². The average Bonchev–Trinajstić information content (AvgIpc) is 2.94. The van der Waals surface area contributed by atoms with Gasteiger partial charge in [0.25, 0.3) is 0 Å². The van der Waals surface area contributed by atoms with Crippen molar-refractivity contribution in [3.63, 3.8) is 0 Å². The Kier molecular flexibility index (Phi) is 3.94. The number of halogens is 1. The molecule has 1 aromatic carbocycles. The quantitative estimate of drug-likeness (QED) is 0.741. The van der Waals surface area contributed by atoms with Crippen molar-refractivity contribution in [2.24, 2.45) is 0 Å². The first-order valence-corrected chi connectivity index (χ1v) is 8.32. The fourth-order valence-electron chi connectivity index (χ4n) is 2.78. The van der Waals surface area contributed by atoms with Gasteiger partial charge in [0.15, 0.2) is 5.78 Å². The van der Waals surface area contributed by atoms with E-state index in [9.17, 15) is 4.79 Å². The number of ether oxygens (including phenoxy) is 1. The molecule has 2 aromatic rings. The summed E-state index contributed by atoms with van der Waals surface area (Å²) in [6.45, 7) is 0. The van der Waals surface area contributed by atoms with Crippen LogP contribution in [0.3, 0.4) is 0 Å². The van der Waals surface area contributed by atoms with E-state index in [0.717, 1.165) is 35.0 Å². The third kappa shape index (κ3) is 2.42. The monoisotopic (exact) mass is 350 g/mol. The van der Waals surface area contributed by atoms with Crippen molar-refractivity contribution in [2.75, 3.05) is 7.11 Å². The van der Waals surface area contributed by atoms with Crippen LogP contribution in [0.5, 0.6) is 5.75 Å². The van der Waals surface area contributed by atoms with Crippen LogP contribution in [0, 0.1) is 0 Å². The second-order valence-electron chi connectivity index (χ2n) is 4.96. The maximum atomic E-state index is 12.8. The lowest BCUT2D eigenvalue weighted by Crippen LogP contribution is -2.17. The number of fused-ring (bicyclic) bond motifs is 1. The largest absolute Gasteiger partial charge is 0.496 e. The highest BCUT2D eigenvalue weighted by Crippen LogP contribution is 2.37. The van der Waals surface area contributed by atoms with Gasteiger partial charge in [0.05, 0.1) is 11.6 Å². The molecule has 0 bridgehead atoms. The van der Waals surface area contributed by atoms with Crippen molar-refractivity contribution >= 4 is 33.0 Å². The van der Waals surface area contributed by atoms with Gasteiger partial charge >= 0.3 is 0 Å². The van der Waals surface area contributed by atoms with Gasteiger partial charge in [0, 0.05) is 16.4 Å². The molecule has 1 aliphatic carbocycles. The van der Waals surface area contributed by atoms with Crippen molar-refractivity contribution in [2.45, 2.75) is 25.2 Å². The van der Waals surface area contributed by atoms with E-state index < -0.39 is 0 Å². The van der Waals surface area contributed by atoms with Crippen LogP contribution in [-0.4, -0.2) is 12.9 Å². The number of methoxy groups -OCH3 is 1. The SMILES string of the molecule is COc1ccc(C(=O)C2CCCc3sccc32)cc1Br. The summed E-state index contributed by atoms with van der Waals surface area (Å²) >= 11 is 5.22. The minimum Gasteiger partial charge on any atom is -0.496 e. The fourth-order valence-corrected chi connectivity index (χ4v) is 4.31. The molecule has 0 N–H and O–H groups in total. The number of thiophene rings is 1. The van der Waals surface area contributed by atoms with Crippen molar-refractivity contribution in [3.05, 3.63) is 50.1 Å². The topological polar surface area (TPSA) is 26.3 Å². The molecule has 20 heavy (non-hydrogen) atoms. The molecule has 0 saturated carbocycles. The molecule has 1 unspecified atom stereocenters. The molecular weight excluding hydrogens is 336 g/mol. The van der Waals surface area contributed by atoms with E-state index in [1.165, 1.54) is 10.4 Å². The zero-order chi connectivity index (χ0) is 14.1. The van der Waals surface area contributed by atoms with Gasteiger partial charge in [-0.25, -0.2) is 0 Å². The second kappa shape index (κ2) is 5.70. The molecule has 1 heterocycles. The molecule has 1 aromatic heterocycles. The second-order valence-corrected chi connectivity index (χ2v) is 6.81. The molecule has 0 amide bonds. The van der Waals surface area contributed by atoms with Crippen molar-refractivity contribution in [1.29, 1.82) is 0 Å². The Labute approximate surface area is 130 Å². The molecule has 1 aliphatic rings. The summed E-state index contributed by atoms with van der Waals surface area (Å²) in [5, 5.41) is 2.10. The van der Waals surface area contributed by atoms with Crippen LogP contribution in [0.25, 0.3) is 0 Å². The fraction of sp³-hybridized carbons (Fsp3) is 0.312. The number of carbonyl (C=O) groups is 1. The van der Waals surface area contributed by atoms with E-state index >= 15 is 0 Å². The number of hydrogen-bond acceptors (Lipinski definition) is 3. The van der Waals surface area contributed by atoms with Crippen LogP contribution in [0.15, 0.2) is 34.1 Å². The molecule has 104 valence electrons. The smallest absolute Gasteiger partial charge is 0.170 e. The molecular formula is C16H15BrO2S. The van der Waals surface area contributed by atoms with Crippen molar-refractivity contribution in [1.82, 2.24) is 0 Å². The summed E-state index contributed by atoms with van der Waals surface area (Å²) in [5.41, 5.74) is 1.99. The highest BCUT2D eigenvalue weighted by Gasteiger charge is 2.28. The molecule has 3 rings (SSSR count). The highest BCUT2D eigenvalue weighted by atomic mass is 79.9. The number of rotatable bonds is 3. The van der Waals surface area contributed by atoms with Crippen LogP contribution < -0.4 is 4.74 Å². The van der Waals surface area contributed by atoms with Gasteiger partial charge in [-0.1, -0.05) is 0 Å². The van der Waals surface area contributed by atoms with Crippen LogP contribution >= 0.6 is 27.3 Å². The molecule has 0 fully saturated rings. The lowest BCUT2D eigenvalue weighted by atomic mass is 9.82. The summed E-state index contributed by atoms with van der Waals surface area (Å²) in [6, 6.07) is 7.67. The highest BCUT2D eigenvalue weighted by molar-refractivity contribution is 9.10. The lowest BCUT2D eigenvalue weighted by Gasteiger charge is -2.21. The molecule has 0 saturated heterocycles. The van der Waals surface area contributed by atoms with Gasteiger partial charge in [0.1, 0.15) is 5.75 Å². The number of hydrogen-bond donors (Lipinski definition) is 0. The number of ketones is 1. The van der Waals surface area contributed by atoms with E-state index in [4.69, 9.17) is 4.74 Å². The Morgan fingerprint density at radius 2 is 2.25 bits per heavy atom. The predicted molar refractivity (Wildman–Crippen MR) is 85.0 cm³/mol. The Morgan fingerprint density at radius 1 is 1.40 bits per heavy atom. The van der Waals surface area contributed by atoms with Gasteiger partial charge < -0.3 is 4.74 Å². The molecule has 0 spiro atoms. The third-order valence-electron chi connectivity index (χ3n) is 3.80. The van der Waals surface area contributed by atoms with E-state index in [1.807, 2.05) is 18.2 Å². The molecule has 4 heteroatoms. The summed E-state index contributed by atoms with van der Waals surface area (Å²) < 4.78 is 6.04. The minimum absolute atomic E-state index is 0.0188. The predicted octanol–water partition coefficient (Wildman–Crippen LogP) is 4.82. The van der Waals surface area contributed by atoms with Gasteiger partial charge in [-0.2, -0.15) is 0 Å². The average molecular weight is 351 g/mol. The number of benzene rings is 1. The first-order chi connectivity index (χ1) is 9.70. The number of Topliss-reactive ketones (excluding diaryl/α,β-unsaturated/α-hetero) is 1. The minimum atomic E-state index is 0.0188. The van der Waals surface area contributed by atoms with Gasteiger partial charge in [-0.05, 0) is 70.4 Å². The van der Waals surface area contributed by atoms with Crippen LogP contribution in [0.4, 0.5) is 0 Å². The Hall–Kier alpha value is -1.13. The number of carbonyl (C=O) groups excluding carboxylic acids is 1. The van der Waals surface area contributed by atoms with E-state index in [2.05, 4.69) is 27.4 Å². The van der Waals surface area contributed by atoms with E-state index in [0.29, 0.717) is 0 Å². The molecule has 1 atom stereocenters. The van der Waals surface area contributed by atoms with Crippen molar-refractivity contribution in [3.8, 4) is 5.75 Å². The summed E-state index contributed by atoms with van der Waals surface area (Å²) in [5.74, 6) is 0.986. The maximum Gasteiger partial charge on any atom is 0.170 e. The van der Waals surface area contributed by atoms with Crippen LogP contribution in [0.1, 0.15) is 39.6 Å². The Bertz CT molecular complexity index is 648. The third-order valence-corrected chi connectivity index (χ3v) is 5.42. The molecule has 0 radical (unpaired) electrons. The normalized spacial score (nSPS) is 17.6. The molecule has 2 nitrogen and oxygen atoms in total. The number of aryl methyl sites for hydroxylation is 1. The zero-order valence-corrected chi connectivity index (χ0v) is 13.6. The van der Waals surface area contributed by atoms with Gasteiger partial charge in [0.2, 0.25) is 0 Å².